The van der Waals surface area contributed by atoms with E-state index in [1.807, 2.05) is 53.9 Å². The van der Waals surface area contributed by atoms with Crippen molar-refractivity contribution in [2.45, 2.75) is 24.7 Å². The number of halogens is 2. The number of hydrogen-bond donors (Lipinski definition) is 0. The zero-order valence-electron chi connectivity index (χ0n) is 16.2. The van der Waals surface area contributed by atoms with Crippen molar-refractivity contribution in [3.8, 4) is 5.75 Å². The van der Waals surface area contributed by atoms with Gasteiger partial charge in [0.15, 0.2) is 0 Å². The smallest absolute Gasteiger partial charge is 0.220 e. The number of ether oxygens (including phenoxy) is 1. The fourth-order valence-electron chi connectivity index (χ4n) is 2.49. The minimum absolute atomic E-state index is 0.426. The molecular weight excluding hydrogens is 421 g/mol. The Hall–Kier alpha value is -2.20. The number of nitrogens with zero attached hydrogens (tertiary/aromatic N) is 1. The summed E-state index contributed by atoms with van der Waals surface area (Å²) in [6.07, 6.45) is 1.82. The zero-order chi connectivity index (χ0) is 20.6. The molecule has 5 heteroatoms. The first-order chi connectivity index (χ1) is 14.0. The summed E-state index contributed by atoms with van der Waals surface area (Å²) in [5.74, 6) is 1.36. The first-order valence-electron chi connectivity index (χ1n) is 9.21. The predicted molar refractivity (Wildman–Crippen MR) is 126 cm³/mol. The van der Waals surface area contributed by atoms with E-state index in [1.54, 1.807) is 30.0 Å². The second-order valence-corrected chi connectivity index (χ2v) is 8.43. The highest BCUT2D eigenvalue weighted by atomic mass is 35.5. The summed E-state index contributed by atoms with van der Waals surface area (Å²) >= 11 is 13.9. The summed E-state index contributed by atoms with van der Waals surface area (Å²) < 4.78 is 5.98. The molecule has 0 aliphatic rings. The van der Waals surface area contributed by atoms with Gasteiger partial charge in [0.1, 0.15) is 5.75 Å². The summed E-state index contributed by atoms with van der Waals surface area (Å²) in [6, 6.07) is 23.3. The normalized spacial score (nSPS) is 12.0. The van der Waals surface area contributed by atoms with Crippen LogP contribution in [0.3, 0.4) is 0 Å². The van der Waals surface area contributed by atoms with Gasteiger partial charge in [0.05, 0.1) is 10.7 Å². The van der Waals surface area contributed by atoms with Crippen molar-refractivity contribution < 1.29 is 4.74 Å². The minimum atomic E-state index is 0.426. The van der Waals surface area contributed by atoms with E-state index in [0.29, 0.717) is 27.6 Å². The maximum absolute atomic E-state index is 6.26. The van der Waals surface area contributed by atoms with Crippen molar-refractivity contribution >= 4 is 46.5 Å². The summed E-state index contributed by atoms with van der Waals surface area (Å²) in [6.45, 7) is 4.33. The van der Waals surface area contributed by atoms with Crippen LogP contribution in [0.25, 0.3) is 0 Å². The highest BCUT2D eigenvalue weighted by Gasteiger charge is 2.07. The lowest BCUT2D eigenvalue weighted by Gasteiger charge is -2.09. The number of benzene rings is 3. The molecule has 29 heavy (non-hydrogen) atoms. The number of aliphatic imine (C=N–C) groups is 1. The van der Waals surface area contributed by atoms with Crippen LogP contribution in [-0.2, 0) is 0 Å². The maximum atomic E-state index is 6.26. The van der Waals surface area contributed by atoms with E-state index in [4.69, 9.17) is 27.9 Å². The summed E-state index contributed by atoms with van der Waals surface area (Å²) in [7, 11) is 0. The third-order valence-corrected chi connectivity index (χ3v) is 5.43. The highest BCUT2D eigenvalue weighted by Crippen LogP contribution is 2.29. The van der Waals surface area contributed by atoms with Crippen LogP contribution in [0.2, 0.25) is 10.0 Å². The van der Waals surface area contributed by atoms with Crippen LogP contribution >= 0.6 is 35.0 Å². The molecule has 0 saturated heterocycles. The van der Waals surface area contributed by atoms with Crippen LogP contribution in [0, 0.1) is 0 Å². The Morgan fingerprint density at radius 3 is 2.38 bits per heavy atom. The molecule has 3 rings (SSSR count). The Labute approximate surface area is 186 Å². The Bertz CT molecular complexity index is 999. The lowest BCUT2D eigenvalue weighted by Crippen LogP contribution is -2.05. The van der Waals surface area contributed by atoms with Crippen LogP contribution in [0.5, 0.6) is 5.75 Å². The molecular formula is C24H21Cl2NOS. The molecule has 148 valence electrons. The summed E-state index contributed by atoms with van der Waals surface area (Å²) in [5, 5.41) is 2.96. The molecule has 0 amide bonds. The van der Waals surface area contributed by atoms with Crippen LogP contribution in [0.4, 0.5) is 5.69 Å². The van der Waals surface area contributed by atoms with Crippen molar-refractivity contribution in [2.75, 3.05) is 0 Å². The predicted octanol–water partition coefficient (Wildman–Crippen LogP) is 8.53. The van der Waals surface area contributed by atoms with Crippen LogP contribution in [0.15, 0.2) is 94.2 Å². The van der Waals surface area contributed by atoms with Crippen LogP contribution < -0.4 is 4.74 Å². The zero-order valence-corrected chi connectivity index (χ0v) is 18.5. The number of thioether (sulfide) groups is 1. The minimum Gasteiger partial charge on any atom is -0.437 e. The Kier molecular flexibility index (Phi) is 7.82. The standard InChI is InChI=1S/C24H21Cl2NOS/c1-17(2)18-8-11-20(12-9-18)27-24(14-15-29-21-6-4-3-5-7-21)28-23-16-19(25)10-13-22(23)26/h3-17H,1-2H3. The van der Waals surface area contributed by atoms with Gasteiger partial charge in [-0.05, 0) is 53.3 Å². The van der Waals surface area contributed by atoms with Crippen molar-refractivity contribution in [3.05, 3.63) is 99.9 Å². The topological polar surface area (TPSA) is 21.6 Å². The lowest BCUT2D eigenvalue weighted by molar-refractivity contribution is 0.556. The highest BCUT2D eigenvalue weighted by molar-refractivity contribution is 8.02. The third-order valence-electron chi connectivity index (χ3n) is 4.06. The molecule has 0 bridgehead atoms. The van der Waals surface area contributed by atoms with Gasteiger partial charge in [-0.25, -0.2) is 4.99 Å². The van der Waals surface area contributed by atoms with Gasteiger partial charge in [0.2, 0.25) is 5.90 Å². The molecule has 0 heterocycles. The van der Waals surface area contributed by atoms with E-state index >= 15 is 0 Å². The molecule has 0 unspecified atom stereocenters. The average Bonchev–Trinajstić information content (AvgIpc) is 2.72. The first kappa shape index (κ1) is 21.5. The van der Waals surface area contributed by atoms with E-state index in [9.17, 15) is 0 Å². The number of hydrogen-bond acceptors (Lipinski definition) is 3. The fourth-order valence-corrected chi connectivity index (χ4v) is 3.47. The SMILES string of the molecule is CC(C)c1ccc(N=C(C=CSc2ccccc2)Oc2cc(Cl)ccc2Cl)cc1. The van der Waals surface area contributed by atoms with Gasteiger partial charge in [0.25, 0.3) is 0 Å². The van der Waals surface area contributed by atoms with Crippen molar-refractivity contribution in [1.29, 1.82) is 0 Å². The van der Waals surface area contributed by atoms with Crippen molar-refractivity contribution in [1.82, 2.24) is 0 Å². The van der Waals surface area contributed by atoms with E-state index in [0.717, 1.165) is 10.6 Å². The molecule has 3 aromatic rings. The van der Waals surface area contributed by atoms with Crippen LogP contribution in [0.1, 0.15) is 25.3 Å². The Morgan fingerprint density at radius 1 is 0.966 bits per heavy atom. The van der Waals surface area contributed by atoms with Gasteiger partial charge in [-0.2, -0.15) is 0 Å². The summed E-state index contributed by atoms with van der Waals surface area (Å²) in [4.78, 5) is 5.78. The molecule has 0 atom stereocenters. The molecule has 0 radical (unpaired) electrons. The molecule has 0 N–H and O–H groups in total. The van der Waals surface area contributed by atoms with Crippen molar-refractivity contribution in [2.24, 2.45) is 4.99 Å². The quantitative estimate of drug-likeness (QED) is 0.217. The van der Waals surface area contributed by atoms with Gasteiger partial charge in [-0.15, -0.1) is 0 Å². The fraction of sp³-hybridized carbons (Fsp3) is 0.125. The van der Waals surface area contributed by atoms with E-state index in [2.05, 4.69) is 31.0 Å². The second-order valence-electron chi connectivity index (χ2n) is 6.61. The summed E-state index contributed by atoms with van der Waals surface area (Å²) in [5.41, 5.74) is 2.07. The second kappa shape index (κ2) is 10.5. The molecule has 3 aromatic carbocycles. The monoisotopic (exact) mass is 441 g/mol. The first-order valence-corrected chi connectivity index (χ1v) is 10.8. The maximum Gasteiger partial charge on any atom is 0.220 e. The Morgan fingerprint density at radius 2 is 1.69 bits per heavy atom. The van der Waals surface area contributed by atoms with Gasteiger partial charge < -0.3 is 4.74 Å². The van der Waals surface area contributed by atoms with E-state index < -0.39 is 0 Å². The van der Waals surface area contributed by atoms with Crippen LogP contribution in [-0.4, -0.2) is 5.90 Å². The molecule has 0 spiro atoms. The molecule has 0 fully saturated rings. The van der Waals surface area contributed by atoms with Gasteiger partial charge >= 0.3 is 0 Å². The molecule has 2 nitrogen and oxygen atoms in total. The number of rotatable bonds is 6. The largest absolute Gasteiger partial charge is 0.437 e. The van der Waals surface area contributed by atoms with E-state index in [1.165, 1.54) is 5.56 Å². The molecule has 0 aliphatic heterocycles. The lowest BCUT2D eigenvalue weighted by atomic mass is 10.0. The Balaban J connectivity index is 1.86. The van der Waals surface area contributed by atoms with Gasteiger partial charge in [-0.3, -0.25) is 0 Å². The van der Waals surface area contributed by atoms with Gasteiger partial charge in [0, 0.05) is 22.1 Å². The van der Waals surface area contributed by atoms with Crippen molar-refractivity contribution in [3.63, 3.8) is 0 Å². The molecule has 0 saturated carbocycles. The van der Waals surface area contributed by atoms with E-state index in [-0.39, 0.29) is 0 Å². The average molecular weight is 442 g/mol. The van der Waals surface area contributed by atoms with Gasteiger partial charge in [-0.1, -0.05) is 79.1 Å². The third kappa shape index (κ3) is 6.67. The molecule has 0 aliphatic carbocycles. The molecule has 0 aromatic heterocycles.